The van der Waals surface area contributed by atoms with E-state index in [1.165, 1.54) is 0 Å². The minimum absolute atomic E-state index is 0.0917. The predicted octanol–water partition coefficient (Wildman–Crippen LogP) is 4.71. The first-order valence-electron chi connectivity index (χ1n) is 9.83. The summed E-state index contributed by atoms with van der Waals surface area (Å²) in [5.41, 5.74) is 1.56. The molecule has 28 heavy (non-hydrogen) atoms. The third-order valence-electron chi connectivity index (χ3n) is 5.83. The molecule has 0 unspecified atom stereocenters. The lowest BCUT2D eigenvalue weighted by Gasteiger charge is -2.34. The number of likely N-dealkylation sites (tertiary alicyclic amines) is 1. The lowest BCUT2D eigenvalue weighted by Crippen LogP contribution is -2.38. The molecule has 140 valence electrons. The number of aromatic nitrogens is 1. The standard InChI is InChI=1S/C24H22N2O2/c27-23(21-7-3-6-19-17-25-14-10-20(19)21)26-15-4-11-24(13-16-26)12-9-18-5-1-2-8-22(18)28-24/h1-3,5-10,12,14,17H,4,11,13,15-16H2/t24-/m0/s1. The van der Waals surface area contributed by atoms with Crippen LogP contribution in [0.5, 0.6) is 5.75 Å². The lowest BCUT2D eigenvalue weighted by atomic mass is 9.91. The van der Waals surface area contributed by atoms with Gasteiger partial charge in [0.15, 0.2) is 0 Å². The molecule has 0 N–H and O–H groups in total. The number of nitrogens with zero attached hydrogens (tertiary/aromatic N) is 2. The van der Waals surface area contributed by atoms with E-state index >= 15 is 0 Å². The molecule has 1 aromatic heterocycles. The molecule has 5 rings (SSSR count). The second kappa shape index (κ2) is 6.79. The Morgan fingerprint density at radius 3 is 2.93 bits per heavy atom. The normalized spacial score (nSPS) is 21.2. The van der Waals surface area contributed by atoms with Gasteiger partial charge in [-0.05, 0) is 42.5 Å². The molecule has 1 atom stereocenters. The Labute approximate surface area is 164 Å². The Hall–Kier alpha value is -3.14. The number of carbonyl (C=O) groups excluding carboxylic acids is 1. The predicted molar refractivity (Wildman–Crippen MR) is 110 cm³/mol. The third-order valence-corrected chi connectivity index (χ3v) is 5.83. The molecule has 3 aromatic rings. The molecule has 2 aliphatic heterocycles. The van der Waals surface area contributed by atoms with Gasteiger partial charge in [-0.1, -0.05) is 36.4 Å². The third kappa shape index (κ3) is 2.95. The molecular formula is C24H22N2O2. The van der Waals surface area contributed by atoms with Crippen molar-refractivity contribution < 1.29 is 9.53 Å². The average molecular weight is 370 g/mol. The van der Waals surface area contributed by atoms with Crippen LogP contribution in [0, 0.1) is 0 Å². The number of benzene rings is 2. The summed E-state index contributed by atoms with van der Waals surface area (Å²) >= 11 is 0. The number of ether oxygens (including phenoxy) is 1. The van der Waals surface area contributed by atoms with Crippen LogP contribution in [0.4, 0.5) is 0 Å². The maximum Gasteiger partial charge on any atom is 0.254 e. The van der Waals surface area contributed by atoms with Gasteiger partial charge in [0, 0.05) is 48.4 Å². The Balaban J connectivity index is 1.39. The minimum Gasteiger partial charge on any atom is -0.483 e. The molecule has 1 fully saturated rings. The van der Waals surface area contributed by atoms with Crippen LogP contribution in [0.2, 0.25) is 0 Å². The highest BCUT2D eigenvalue weighted by Crippen LogP contribution is 2.37. The number of amides is 1. The van der Waals surface area contributed by atoms with Crippen molar-refractivity contribution in [3.05, 3.63) is 78.1 Å². The van der Waals surface area contributed by atoms with Crippen molar-refractivity contribution in [1.29, 1.82) is 0 Å². The van der Waals surface area contributed by atoms with E-state index in [1.54, 1.807) is 6.20 Å². The van der Waals surface area contributed by atoms with Gasteiger partial charge in [-0.25, -0.2) is 0 Å². The summed E-state index contributed by atoms with van der Waals surface area (Å²) in [5.74, 6) is 1.03. The summed E-state index contributed by atoms with van der Waals surface area (Å²) in [7, 11) is 0. The Bertz CT molecular complexity index is 1070. The Kier molecular flexibility index (Phi) is 4.12. The molecule has 0 bridgehead atoms. The zero-order valence-electron chi connectivity index (χ0n) is 15.7. The van der Waals surface area contributed by atoms with Crippen LogP contribution in [-0.4, -0.2) is 34.5 Å². The van der Waals surface area contributed by atoms with Gasteiger partial charge in [0.25, 0.3) is 5.91 Å². The van der Waals surface area contributed by atoms with Gasteiger partial charge in [-0.2, -0.15) is 0 Å². The van der Waals surface area contributed by atoms with Crippen molar-refractivity contribution in [1.82, 2.24) is 9.88 Å². The van der Waals surface area contributed by atoms with Crippen LogP contribution >= 0.6 is 0 Å². The van der Waals surface area contributed by atoms with Gasteiger partial charge in [0.1, 0.15) is 11.4 Å². The van der Waals surface area contributed by atoms with E-state index in [4.69, 9.17) is 4.74 Å². The van der Waals surface area contributed by atoms with Crippen LogP contribution in [0.25, 0.3) is 16.8 Å². The van der Waals surface area contributed by atoms with Crippen molar-refractivity contribution in [3.63, 3.8) is 0 Å². The SMILES string of the molecule is O=C(c1cccc2cnccc12)N1CCC[C@]2(C=Cc3ccccc3O2)CC1. The number of pyridine rings is 1. The maximum atomic E-state index is 13.3. The Morgan fingerprint density at radius 2 is 1.96 bits per heavy atom. The molecule has 2 aliphatic rings. The molecule has 4 nitrogen and oxygen atoms in total. The highest BCUT2D eigenvalue weighted by Gasteiger charge is 2.36. The summed E-state index contributed by atoms with van der Waals surface area (Å²) in [6.07, 6.45) is 10.5. The highest BCUT2D eigenvalue weighted by atomic mass is 16.5. The van der Waals surface area contributed by atoms with E-state index in [-0.39, 0.29) is 11.5 Å². The van der Waals surface area contributed by atoms with Crippen LogP contribution in [0.1, 0.15) is 35.2 Å². The van der Waals surface area contributed by atoms with Crippen molar-refractivity contribution in [2.45, 2.75) is 24.9 Å². The molecule has 0 saturated carbocycles. The molecule has 0 aliphatic carbocycles. The molecule has 1 amide bonds. The summed E-state index contributed by atoms with van der Waals surface area (Å²) in [4.78, 5) is 19.4. The number of rotatable bonds is 1. The molecule has 1 saturated heterocycles. The average Bonchev–Trinajstić information content (AvgIpc) is 2.95. The summed E-state index contributed by atoms with van der Waals surface area (Å²) in [6.45, 7) is 1.44. The zero-order chi connectivity index (χ0) is 19.0. The van der Waals surface area contributed by atoms with E-state index < -0.39 is 0 Å². The van der Waals surface area contributed by atoms with E-state index in [0.29, 0.717) is 6.54 Å². The first kappa shape index (κ1) is 17.0. The smallest absolute Gasteiger partial charge is 0.254 e. The van der Waals surface area contributed by atoms with Crippen LogP contribution in [-0.2, 0) is 0 Å². The van der Waals surface area contributed by atoms with Gasteiger partial charge in [0.05, 0.1) is 0 Å². The van der Waals surface area contributed by atoms with E-state index in [0.717, 1.165) is 53.5 Å². The number of carbonyl (C=O) groups is 1. The van der Waals surface area contributed by atoms with Crippen LogP contribution in [0.15, 0.2) is 67.0 Å². The quantitative estimate of drug-likeness (QED) is 0.623. The van der Waals surface area contributed by atoms with Gasteiger partial charge >= 0.3 is 0 Å². The van der Waals surface area contributed by atoms with Gasteiger partial charge in [-0.3, -0.25) is 9.78 Å². The Morgan fingerprint density at radius 1 is 1.04 bits per heavy atom. The second-order valence-corrected chi connectivity index (χ2v) is 7.59. The molecular weight excluding hydrogens is 348 g/mol. The summed E-state index contributed by atoms with van der Waals surface area (Å²) < 4.78 is 6.41. The first-order valence-corrected chi connectivity index (χ1v) is 9.83. The highest BCUT2D eigenvalue weighted by molar-refractivity contribution is 6.06. The largest absolute Gasteiger partial charge is 0.483 e. The van der Waals surface area contributed by atoms with Crippen molar-refractivity contribution in [2.75, 3.05) is 13.1 Å². The molecule has 0 radical (unpaired) electrons. The molecule has 4 heteroatoms. The van der Waals surface area contributed by atoms with Crippen molar-refractivity contribution >= 4 is 22.8 Å². The number of hydrogen-bond donors (Lipinski definition) is 0. The van der Waals surface area contributed by atoms with Crippen LogP contribution in [0.3, 0.4) is 0 Å². The van der Waals surface area contributed by atoms with Crippen molar-refractivity contribution in [2.24, 2.45) is 0 Å². The molecule has 2 aromatic carbocycles. The van der Waals surface area contributed by atoms with E-state index in [1.807, 2.05) is 53.6 Å². The minimum atomic E-state index is -0.313. The zero-order valence-corrected chi connectivity index (χ0v) is 15.7. The fourth-order valence-corrected chi connectivity index (χ4v) is 4.29. The summed E-state index contributed by atoms with van der Waals surface area (Å²) in [5, 5.41) is 1.96. The second-order valence-electron chi connectivity index (χ2n) is 7.59. The monoisotopic (exact) mass is 370 g/mol. The fourth-order valence-electron chi connectivity index (χ4n) is 4.29. The van der Waals surface area contributed by atoms with Gasteiger partial charge in [-0.15, -0.1) is 0 Å². The van der Waals surface area contributed by atoms with E-state index in [2.05, 4.69) is 23.2 Å². The van der Waals surface area contributed by atoms with Crippen molar-refractivity contribution in [3.8, 4) is 5.75 Å². The lowest BCUT2D eigenvalue weighted by molar-refractivity contribution is 0.0732. The topological polar surface area (TPSA) is 42.4 Å². The van der Waals surface area contributed by atoms with Gasteiger partial charge < -0.3 is 9.64 Å². The van der Waals surface area contributed by atoms with Crippen LogP contribution < -0.4 is 4.74 Å². The summed E-state index contributed by atoms with van der Waals surface area (Å²) in [6, 6.07) is 15.9. The number of hydrogen-bond acceptors (Lipinski definition) is 3. The first-order chi connectivity index (χ1) is 13.7. The molecule has 3 heterocycles. The molecule has 1 spiro atoms. The number of para-hydroxylation sites is 1. The maximum absolute atomic E-state index is 13.3. The number of fused-ring (bicyclic) bond motifs is 2. The van der Waals surface area contributed by atoms with E-state index in [9.17, 15) is 4.79 Å². The van der Waals surface area contributed by atoms with Gasteiger partial charge in [0.2, 0.25) is 0 Å². The fraction of sp³-hybridized carbons (Fsp3) is 0.250.